The minimum Gasteiger partial charge on any atom is -0.281 e. The van der Waals surface area contributed by atoms with E-state index in [9.17, 15) is 9.59 Å². The van der Waals surface area contributed by atoms with Crippen molar-refractivity contribution in [2.45, 2.75) is 32.6 Å². The first kappa shape index (κ1) is 11.9. The minimum absolute atomic E-state index is 0.114. The van der Waals surface area contributed by atoms with E-state index in [1.54, 1.807) is 6.92 Å². The number of rotatable bonds is 6. The molecule has 0 saturated heterocycles. The maximum absolute atomic E-state index is 10.5. The molecule has 4 heteroatoms. The van der Waals surface area contributed by atoms with Crippen molar-refractivity contribution >= 4 is 33.7 Å². The van der Waals surface area contributed by atoms with Gasteiger partial charge in [0.05, 0.1) is 0 Å². The lowest BCUT2D eigenvalue weighted by Gasteiger charge is -2.03. The quantitative estimate of drug-likeness (QED) is 0.500. The summed E-state index contributed by atoms with van der Waals surface area (Å²) in [5, 5.41) is -0.632. The normalized spacial score (nSPS) is 12.6. The van der Waals surface area contributed by atoms with Gasteiger partial charge in [-0.2, -0.15) is 0 Å². The Morgan fingerprint density at radius 3 is 2.25 bits per heavy atom. The molecule has 0 aliphatic rings. The molecule has 12 heavy (non-hydrogen) atoms. The second-order valence-corrected chi connectivity index (χ2v) is 3.60. The van der Waals surface area contributed by atoms with Gasteiger partial charge < -0.3 is 0 Å². The van der Waals surface area contributed by atoms with E-state index in [2.05, 4.69) is 0 Å². The summed E-state index contributed by atoms with van der Waals surface area (Å²) in [7, 11) is 0. The number of hydrogen-bond donors (Lipinski definition) is 0. The van der Waals surface area contributed by atoms with Gasteiger partial charge in [-0.05, 0) is 36.0 Å². The number of unbranched alkanes of at least 4 members (excludes halogenated alkanes) is 1. The van der Waals surface area contributed by atoms with E-state index < -0.39 is 0 Å². The van der Waals surface area contributed by atoms with E-state index in [1.165, 1.54) is 0 Å². The molecule has 0 heterocycles. The van der Waals surface area contributed by atoms with Crippen LogP contribution in [0.15, 0.2) is 0 Å². The first-order chi connectivity index (χ1) is 5.54. The molecule has 0 aliphatic carbocycles. The minimum atomic E-state index is -0.320. The standard InChI is InChI=1S/C8H12Cl2O2/c1-6(8(10)12)4-2-3-5-7(9)11/h6H,2-5H2,1H3. The monoisotopic (exact) mass is 210 g/mol. The molecule has 0 rings (SSSR count). The van der Waals surface area contributed by atoms with Crippen LogP contribution >= 0.6 is 23.2 Å². The molecule has 70 valence electrons. The van der Waals surface area contributed by atoms with Gasteiger partial charge in [-0.15, -0.1) is 0 Å². The van der Waals surface area contributed by atoms with Gasteiger partial charge in [0.25, 0.3) is 0 Å². The zero-order valence-electron chi connectivity index (χ0n) is 6.98. The van der Waals surface area contributed by atoms with Gasteiger partial charge in [0.1, 0.15) is 0 Å². The zero-order chi connectivity index (χ0) is 9.56. The SMILES string of the molecule is CC(CCCCC(=O)Cl)C(=O)Cl. The number of hydrogen-bond acceptors (Lipinski definition) is 2. The highest BCUT2D eigenvalue weighted by atomic mass is 35.5. The molecule has 0 radical (unpaired) electrons. The van der Waals surface area contributed by atoms with Gasteiger partial charge >= 0.3 is 0 Å². The molecule has 1 unspecified atom stereocenters. The second kappa shape index (κ2) is 6.44. The molecule has 1 atom stereocenters. The fraction of sp³-hybridized carbons (Fsp3) is 0.750. The van der Waals surface area contributed by atoms with Crippen LogP contribution in [0.5, 0.6) is 0 Å². The van der Waals surface area contributed by atoms with Crippen LogP contribution in [0.3, 0.4) is 0 Å². The van der Waals surface area contributed by atoms with Crippen LogP contribution in [0.1, 0.15) is 32.6 Å². The average molecular weight is 211 g/mol. The number of carbonyl (C=O) groups is 2. The predicted molar refractivity (Wildman–Crippen MR) is 49.4 cm³/mol. The lowest BCUT2D eigenvalue weighted by molar-refractivity contribution is -0.114. The molecule has 0 aliphatic heterocycles. The first-order valence-electron chi connectivity index (χ1n) is 3.91. The van der Waals surface area contributed by atoms with Gasteiger partial charge in [-0.3, -0.25) is 9.59 Å². The molecular formula is C8H12Cl2O2. The molecule has 0 spiro atoms. The van der Waals surface area contributed by atoms with E-state index in [0.717, 1.165) is 19.3 Å². The van der Waals surface area contributed by atoms with Crippen LogP contribution in [0.4, 0.5) is 0 Å². The van der Waals surface area contributed by atoms with Gasteiger partial charge in [0, 0.05) is 12.3 Å². The van der Waals surface area contributed by atoms with Gasteiger partial charge in [0.15, 0.2) is 0 Å². The van der Waals surface area contributed by atoms with Crippen LogP contribution in [0.2, 0.25) is 0 Å². The Labute approximate surface area is 82.2 Å². The summed E-state index contributed by atoms with van der Waals surface area (Å²) in [6.45, 7) is 1.78. The molecule has 0 aromatic carbocycles. The summed E-state index contributed by atoms with van der Waals surface area (Å²) in [6.07, 6.45) is 2.66. The highest BCUT2D eigenvalue weighted by Crippen LogP contribution is 2.12. The van der Waals surface area contributed by atoms with Crippen LogP contribution in [-0.2, 0) is 9.59 Å². The highest BCUT2D eigenvalue weighted by Gasteiger charge is 2.08. The molecule has 2 nitrogen and oxygen atoms in total. The number of carbonyl (C=O) groups excluding carboxylic acids is 2. The van der Waals surface area contributed by atoms with E-state index in [-0.39, 0.29) is 16.4 Å². The van der Waals surface area contributed by atoms with E-state index in [1.807, 2.05) is 0 Å². The summed E-state index contributed by atoms with van der Waals surface area (Å²) in [5.74, 6) is -0.114. The molecule has 0 N–H and O–H groups in total. The highest BCUT2D eigenvalue weighted by molar-refractivity contribution is 6.64. The summed E-state index contributed by atoms with van der Waals surface area (Å²) in [5.41, 5.74) is 0. The fourth-order valence-corrected chi connectivity index (χ4v) is 1.07. The van der Waals surface area contributed by atoms with Crippen molar-refractivity contribution in [1.29, 1.82) is 0 Å². The van der Waals surface area contributed by atoms with E-state index >= 15 is 0 Å². The zero-order valence-corrected chi connectivity index (χ0v) is 8.49. The Morgan fingerprint density at radius 2 is 1.83 bits per heavy atom. The molecule has 0 saturated carbocycles. The lowest BCUT2D eigenvalue weighted by Crippen LogP contribution is -2.03. The topological polar surface area (TPSA) is 34.1 Å². The van der Waals surface area contributed by atoms with Gasteiger partial charge in [-0.25, -0.2) is 0 Å². The van der Waals surface area contributed by atoms with Crippen molar-refractivity contribution in [3.63, 3.8) is 0 Å². The first-order valence-corrected chi connectivity index (χ1v) is 4.67. The fourth-order valence-electron chi connectivity index (χ4n) is 0.828. The Bertz CT molecular complexity index is 168. The maximum atomic E-state index is 10.5. The molecule has 0 fully saturated rings. The van der Waals surface area contributed by atoms with Crippen LogP contribution < -0.4 is 0 Å². The Kier molecular flexibility index (Phi) is 6.39. The van der Waals surface area contributed by atoms with Crippen LogP contribution in [-0.4, -0.2) is 10.5 Å². The Morgan fingerprint density at radius 1 is 1.25 bits per heavy atom. The largest absolute Gasteiger partial charge is 0.281 e. The molecule has 0 aromatic heterocycles. The van der Waals surface area contributed by atoms with E-state index in [4.69, 9.17) is 23.2 Å². The van der Waals surface area contributed by atoms with Gasteiger partial charge in [0.2, 0.25) is 10.5 Å². The third-order valence-electron chi connectivity index (χ3n) is 1.65. The van der Waals surface area contributed by atoms with Crippen LogP contribution in [0, 0.1) is 5.92 Å². The summed E-state index contributed by atoms with van der Waals surface area (Å²) in [6, 6.07) is 0. The average Bonchev–Trinajstić information content (AvgIpc) is 1.97. The predicted octanol–water partition coefficient (Wildman–Crippen LogP) is 2.71. The van der Waals surface area contributed by atoms with Crippen molar-refractivity contribution in [2.24, 2.45) is 5.92 Å². The van der Waals surface area contributed by atoms with Crippen molar-refractivity contribution in [3.05, 3.63) is 0 Å². The van der Waals surface area contributed by atoms with Crippen LogP contribution in [0.25, 0.3) is 0 Å². The summed E-state index contributed by atoms with van der Waals surface area (Å²) in [4.78, 5) is 20.8. The Balaban J connectivity index is 3.31. The van der Waals surface area contributed by atoms with Crippen molar-refractivity contribution in [3.8, 4) is 0 Å². The van der Waals surface area contributed by atoms with E-state index in [0.29, 0.717) is 6.42 Å². The van der Waals surface area contributed by atoms with Crippen molar-refractivity contribution in [2.75, 3.05) is 0 Å². The van der Waals surface area contributed by atoms with Crippen molar-refractivity contribution < 1.29 is 9.59 Å². The lowest BCUT2D eigenvalue weighted by atomic mass is 10.1. The van der Waals surface area contributed by atoms with Crippen molar-refractivity contribution in [1.82, 2.24) is 0 Å². The summed E-state index contributed by atoms with van der Waals surface area (Å²) >= 11 is 10.4. The molecule has 0 amide bonds. The molecular weight excluding hydrogens is 199 g/mol. The molecule has 0 aromatic rings. The maximum Gasteiger partial charge on any atom is 0.224 e. The molecule has 0 bridgehead atoms. The Hall–Kier alpha value is -0.0800. The van der Waals surface area contributed by atoms with Gasteiger partial charge in [-0.1, -0.05) is 13.3 Å². The third-order valence-corrected chi connectivity index (χ3v) is 2.21. The summed E-state index contributed by atoms with van der Waals surface area (Å²) < 4.78 is 0. The number of halogens is 2. The smallest absolute Gasteiger partial charge is 0.224 e. The third kappa shape index (κ3) is 6.62. The second-order valence-electron chi connectivity index (χ2n) is 2.81.